The van der Waals surface area contributed by atoms with E-state index in [1.165, 1.54) is 4.90 Å². The average molecular weight is 467 g/mol. The number of rotatable bonds is 4. The number of benzene rings is 1. The summed E-state index contributed by atoms with van der Waals surface area (Å²) >= 11 is 0. The Balaban J connectivity index is 0.00000121. The molecule has 0 spiro atoms. The van der Waals surface area contributed by atoms with E-state index < -0.39 is 41.4 Å². The van der Waals surface area contributed by atoms with Gasteiger partial charge in [-0.1, -0.05) is 27.7 Å². The van der Waals surface area contributed by atoms with Gasteiger partial charge < -0.3 is 15.2 Å². The van der Waals surface area contributed by atoms with Gasteiger partial charge in [0.2, 0.25) is 11.7 Å². The van der Waals surface area contributed by atoms with E-state index in [0.717, 1.165) is 4.57 Å². The number of carbonyl (C=O) groups excluding carboxylic acids is 1. The fraction of sp³-hybridized carbons (Fsp3) is 0.550. The van der Waals surface area contributed by atoms with Gasteiger partial charge in [0.25, 0.3) is 0 Å². The quantitative estimate of drug-likeness (QED) is 0.543. The molecule has 1 atom stereocenters. The molecule has 2 aromatic rings. The van der Waals surface area contributed by atoms with Crippen LogP contribution in [0, 0.1) is 17.5 Å². The minimum absolute atomic E-state index is 0.000783. The van der Waals surface area contributed by atoms with Crippen molar-refractivity contribution >= 4 is 5.91 Å². The van der Waals surface area contributed by atoms with Crippen LogP contribution in [-0.4, -0.2) is 38.2 Å². The molecule has 1 amide bonds. The summed E-state index contributed by atoms with van der Waals surface area (Å²) in [4.78, 5) is 13.6. The molecule has 6 nitrogen and oxygen atoms in total. The molecule has 1 aliphatic rings. The minimum atomic E-state index is -4.64. The van der Waals surface area contributed by atoms with Crippen LogP contribution in [0.15, 0.2) is 12.1 Å². The second kappa shape index (κ2) is 11.8. The number of amides is 1. The van der Waals surface area contributed by atoms with Crippen molar-refractivity contribution in [3.05, 3.63) is 46.8 Å². The third-order valence-electron chi connectivity index (χ3n) is 4.37. The van der Waals surface area contributed by atoms with Crippen molar-refractivity contribution in [1.29, 1.82) is 0 Å². The topological polar surface area (TPSA) is 77.0 Å². The van der Waals surface area contributed by atoms with Crippen molar-refractivity contribution in [2.24, 2.45) is 5.73 Å². The van der Waals surface area contributed by atoms with E-state index >= 15 is 0 Å². The summed E-state index contributed by atoms with van der Waals surface area (Å²) in [5.74, 6) is -5.15. The smallest absolute Gasteiger partial charge is 0.333 e. The van der Waals surface area contributed by atoms with Gasteiger partial charge in [0.1, 0.15) is 5.82 Å². The van der Waals surface area contributed by atoms with E-state index in [9.17, 15) is 31.1 Å². The largest absolute Gasteiger partial charge is 0.451 e. The summed E-state index contributed by atoms with van der Waals surface area (Å²) in [5, 5.41) is 6.60. The number of aromatic nitrogens is 3. The van der Waals surface area contributed by atoms with Crippen LogP contribution in [0.1, 0.15) is 51.3 Å². The van der Waals surface area contributed by atoms with Crippen molar-refractivity contribution in [3.63, 3.8) is 0 Å². The zero-order valence-corrected chi connectivity index (χ0v) is 18.3. The van der Waals surface area contributed by atoms with Crippen LogP contribution < -0.4 is 5.73 Å². The predicted molar refractivity (Wildman–Crippen MR) is 106 cm³/mol. The van der Waals surface area contributed by atoms with E-state index in [1.807, 2.05) is 27.7 Å². The van der Waals surface area contributed by atoms with Gasteiger partial charge in [0, 0.05) is 31.6 Å². The van der Waals surface area contributed by atoms with Gasteiger partial charge in [-0.3, -0.25) is 4.79 Å². The van der Waals surface area contributed by atoms with Crippen LogP contribution in [-0.2, 0) is 30.5 Å². The summed E-state index contributed by atoms with van der Waals surface area (Å²) in [6.07, 6.45) is -5.11. The van der Waals surface area contributed by atoms with Crippen LogP contribution in [0.2, 0.25) is 0 Å². The van der Waals surface area contributed by atoms with Crippen LogP contribution in [0.25, 0.3) is 0 Å². The first-order valence-electron chi connectivity index (χ1n) is 10.2. The highest BCUT2D eigenvalue weighted by Crippen LogP contribution is 2.29. The molecule has 1 aliphatic heterocycles. The van der Waals surface area contributed by atoms with Gasteiger partial charge >= 0.3 is 6.18 Å². The minimum Gasteiger partial charge on any atom is -0.333 e. The molecule has 2 heterocycles. The maximum absolute atomic E-state index is 13.7. The molecular weight excluding hydrogens is 440 g/mol. The highest BCUT2D eigenvalue weighted by atomic mass is 19.4. The molecule has 0 fully saturated rings. The monoisotopic (exact) mass is 467 g/mol. The van der Waals surface area contributed by atoms with Crippen LogP contribution in [0.5, 0.6) is 0 Å². The fourth-order valence-corrected chi connectivity index (χ4v) is 3.01. The average Bonchev–Trinajstić information content (AvgIpc) is 3.18. The Kier molecular flexibility index (Phi) is 10.1. The van der Waals surface area contributed by atoms with Crippen molar-refractivity contribution in [1.82, 2.24) is 19.7 Å². The van der Waals surface area contributed by atoms with E-state index in [0.29, 0.717) is 12.1 Å². The standard InChI is InChI=1S/C16H15F6N5O.2C2H6/c17-10-6-12(19)11(18)4-8(10)3-9(23)5-14(28)26-1-2-27-13(7-26)24-25-15(27)16(20,21)22;2*1-2/h4,6,9H,1-3,5,7,23H2;2*1-2H3. The van der Waals surface area contributed by atoms with Crippen molar-refractivity contribution in [3.8, 4) is 0 Å². The Morgan fingerprint density at radius 2 is 1.62 bits per heavy atom. The molecule has 0 aliphatic carbocycles. The van der Waals surface area contributed by atoms with E-state index in [1.54, 1.807) is 0 Å². The molecule has 1 aromatic heterocycles. The summed E-state index contributed by atoms with van der Waals surface area (Å²) in [6, 6.07) is 0.184. The number of hydrogen-bond acceptors (Lipinski definition) is 4. The summed E-state index contributed by atoms with van der Waals surface area (Å²) < 4.78 is 79.3. The SMILES string of the molecule is CC.CC.NC(CC(=O)N1CCn2c(nnc2C(F)(F)F)C1)Cc1cc(F)c(F)cc1F. The number of halogens is 6. The second-order valence-corrected chi connectivity index (χ2v) is 6.43. The van der Waals surface area contributed by atoms with E-state index in [2.05, 4.69) is 10.2 Å². The fourth-order valence-electron chi connectivity index (χ4n) is 3.01. The van der Waals surface area contributed by atoms with Gasteiger partial charge in [-0.25, -0.2) is 13.2 Å². The third kappa shape index (κ3) is 6.68. The molecular formula is C20H27F6N5O. The van der Waals surface area contributed by atoms with Gasteiger partial charge in [0.15, 0.2) is 17.5 Å². The number of hydrogen-bond donors (Lipinski definition) is 1. The first-order chi connectivity index (χ1) is 15.1. The molecule has 0 saturated heterocycles. The lowest BCUT2D eigenvalue weighted by atomic mass is 10.0. The van der Waals surface area contributed by atoms with Crippen LogP contribution in [0.3, 0.4) is 0 Å². The first kappa shape index (κ1) is 27.4. The Morgan fingerprint density at radius 1 is 1.03 bits per heavy atom. The predicted octanol–water partition coefficient (Wildman–Crippen LogP) is 4.07. The van der Waals surface area contributed by atoms with E-state index in [4.69, 9.17) is 5.73 Å². The molecule has 0 bridgehead atoms. The van der Waals surface area contributed by atoms with Gasteiger partial charge in [-0.15, -0.1) is 10.2 Å². The molecule has 32 heavy (non-hydrogen) atoms. The number of nitrogens with two attached hydrogens (primary N) is 1. The zero-order chi connectivity index (χ0) is 24.6. The van der Waals surface area contributed by atoms with E-state index in [-0.39, 0.29) is 43.9 Å². The Bertz CT molecular complexity index is 899. The Labute approximate surface area is 182 Å². The Hall–Kier alpha value is -2.63. The molecule has 1 aromatic carbocycles. The van der Waals surface area contributed by atoms with Crippen molar-refractivity contribution in [2.45, 2.75) is 65.8 Å². The summed E-state index contributed by atoms with van der Waals surface area (Å²) in [5.41, 5.74) is 5.64. The van der Waals surface area contributed by atoms with Gasteiger partial charge in [0.05, 0.1) is 6.54 Å². The second-order valence-electron chi connectivity index (χ2n) is 6.43. The highest BCUT2D eigenvalue weighted by Gasteiger charge is 2.40. The van der Waals surface area contributed by atoms with Gasteiger partial charge in [-0.05, 0) is 18.1 Å². The zero-order valence-electron chi connectivity index (χ0n) is 18.3. The number of fused-ring (bicyclic) bond motifs is 1. The van der Waals surface area contributed by atoms with Crippen LogP contribution in [0.4, 0.5) is 26.3 Å². The van der Waals surface area contributed by atoms with Crippen molar-refractivity contribution < 1.29 is 31.1 Å². The normalized spacial score (nSPS) is 13.9. The maximum Gasteiger partial charge on any atom is 0.451 e. The highest BCUT2D eigenvalue weighted by molar-refractivity contribution is 5.76. The first-order valence-corrected chi connectivity index (χ1v) is 10.2. The Morgan fingerprint density at radius 3 is 2.22 bits per heavy atom. The lowest BCUT2D eigenvalue weighted by Gasteiger charge is -2.29. The lowest BCUT2D eigenvalue weighted by Crippen LogP contribution is -2.42. The molecule has 1 unspecified atom stereocenters. The number of alkyl halides is 3. The molecule has 3 rings (SSSR count). The lowest BCUT2D eigenvalue weighted by molar-refractivity contribution is -0.148. The molecule has 2 N–H and O–H groups in total. The molecule has 12 heteroatoms. The molecule has 180 valence electrons. The van der Waals surface area contributed by atoms with Crippen LogP contribution >= 0.6 is 0 Å². The number of nitrogens with zero attached hydrogens (tertiary/aromatic N) is 4. The van der Waals surface area contributed by atoms with Gasteiger partial charge in [-0.2, -0.15) is 13.2 Å². The summed E-state index contributed by atoms with van der Waals surface area (Å²) in [7, 11) is 0. The maximum atomic E-state index is 13.7. The number of carbonyl (C=O) groups is 1. The molecule has 0 radical (unpaired) electrons. The summed E-state index contributed by atoms with van der Waals surface area (Å²) in [6.45, 7) is 7.70. The van der Waals surface area contributed by atoms with Crippen molar-refractivity contribution in [2.75, 3.05) is 6.54 Å². The molecule has 0 saturated carbocycles. The third-order valence-corrected chi connectivity index (χ3v) is 4.37.